The molecule has 33 heavy (non-hydrogen) atoms. The zero-order valence-corrected chi connectivity index (χ0v) is 18.6. The van der Waals surface area contributed by atoms with Gasteiger partial charge >= 0.3 is 5.97 Å². The van der Waals surface area contributed by atoms with Gasteiger partial charge in [0.05, 0.1) is 43.5 Å². The SMILES string of the molecule is CO/C=C1\CCCN2[C@@H](C(=O)OC)[C@@H]3C(=O)N(c4ccccc4)C(=O)[C@@H]3[C@@]12c1ccccc1. The van der Waals surface area contributed by atoms with Crippen molar-refractivity contribution in [2.45, 2.75) is 24.4 Å². The number of piperidine rings is 1. The number of rotatable bonds is 4. The van der Waals surface area contributed by atoms with Crippen molar-refractivity contribution in [3.05, 3.63) is 78.1 Å². The van der Waals surface area contributed by atoms with E-state index in [1.54, 1.807) is 37.6 Å². The number of imide groups is 1. The highest BCUT2D eigenvalue weighted by atomic mass is 16.5. The van der Waals surface area contributed by atoms with Gasteiger partial charge in [-0.05, 0) is 36.1 Å². The number of methoxy groups -OCH3 is 2. The monoisotopic (exact) mass is 446 g/mol. The largest absolute Gasteiger partial charge is 0.504 e. The maximum Gasteiger partial charge on any atom is 0.323 e. The summed E-state index contributed by atoms with van der Waals surface area (Å²) in [5.74, 6) is -2.81. The van der Waals surface area contributed by atoms with Gasteiger partial charge in [-0.3, -0.25) is 19.3 Å². The quantitative estimate of drug-likeness (QED) is 0.408. The zero-order chi connectivity index (χ0) is 23.2. The molecule has 2 amide bonds. The summed E-state index contributed by atoms with van der Waals surface area (Å²) in [7, 11) is 2.90. The van der Waals surface area contributed by atoms with Gasteiger partial charge in [-0.1, -0.05) is 48.5 Å². The number of amides is 2. The van der Waals surface area contributed by atoms with Gasteiger partial charge in [0.25, 0.3) is 0 Å². The second-order valence-corrected chi connectivity index (χ2v) is 8.63. The van der Waals surface area contributed by atoms with Crippen LogP contribution in [-0.2, 0) is 29.4 Å². The Morgan fingerprint density at radius 2 is 1.67 bits per heavy atom. The number of carbonyl (C=O) groups excluding carboxylic acids is 3. The van der Waals surface area contributed by atoms with E-state index in [1.807, 2.05) is 41.3 Å². The van der Waals surface area contributed by atoms with Crippen molar-refractivity contribution in [2.75, 3.05) is 25.7 Å². The molecule has 0 saturated carbocycles. The molecule has 3 heterocycles. The molecule has 0 spiro atoms. The molecule has 4 atom stereocenters. The minimum absolute atomic E-state index is 0.305. The van der Waals surface area contributed by atoms with Crippen molar-refractivity contribution in [2.24, 2.45) is 11.8 Å². The van der Waals surface area contributed by atoms with Gasteiger partial charge < -0.3 is 9.47 Å². The summed E-state index contributed by atoms with van der Waals surface area (Å²) in [5.41, 5.74) is 1.29. The number of esters is 1. The molecule has 0 radical (unpaired) electrons. The van der Waals surface area contributed by atoms with Crippen molar-refractivity contribution >= 4 is 23.5 Å². The average molecular weight is 447 g/mol. The van der Waals surface area contributed by atoms with Crippen LogP contribution in [0.2, 0.25) is 0 Å². The lowest BCUT2D eigenvalue weighted by Gasteiger charge is -2.48. The number of ether oxygens (including phenoxy) is 2. The van der Waals surface area contributed by atoms with Crippen LogP contribution in [0.25, 0.3) is 0 Å². The van der Waals surface area contributed by atoms with E-state index in [1.165, 1.54) is 12.0 Å². The van der Waals surface area contributed by atoms with E-state index in [-0.39, 0.29) is 11.8 Å². The van der Waals surface area contributed by atoms with E-state index < -0.39 is 29.4 Å². The molecular formula is C26H26N2O5. The Hall–Kier alpha value is -3.45. The van der Waals surface area contributed by atoms with Gasteiger partial charge in [0.15, 0.2) is 0 Å². The first-order valence-electron chi connectivity index (χ1n) is 11.1. The Labute approximate surface area is 192 Å². The first-order chi connectivity index (χ1) is 16.1. The number of hydrogen-bond donors (Lipinski definition) is 0. The fourth-order valence-electron chi connectivity index (χ4n) is 6.11. The maximum atomic E-state index is 14.1. The fourth-order valence-corrected chi connectivity index (χ4v) is 6.11. The van der Waals surface area contributed by atoms with Gasteiger partial charge in [-0.2, -0.15) is 0 Å². The molecule has 0 N–H and O–H groups in total. The van der Waals surface area contributed by atoms with E-state index in [2.05, 4.69) is 0 Å². The molecule has 3 saturated heterocycles. The topological polar surface area (TPSA) is 76.2 Å². The molecule has 5 rings (SSSR count). The zero-order valence-electron chi connectivity index (χ0n) is 18.6. The maximum absolute atomic E-state index is 14.1. The van der Waals surface area contributed by atoms with E-state index in [9.17, 15) is 14.4 Å². The molecule has 3 fully saturated rings. The number of carbonyl (C=O) groups is 3. The summed E-state index contributed by atoms with van der Waals surface area (Å²) in [4.78, 5) is 44.3. The standard InChI is InChI=1S/C26H26N2O5/c1-32-16-18-12-9-15-27-22(25(31)33-2)20-21(26(18,27)17-10-5-3-6-11-17)24(30)28(23(20)29)19-13-7-4-8-14-19/h3-8,10-11,13-14,16,20-22H,9,12,15H2,1-2H3/b18-16+/t20-,21-,22-,26-/m1/s1. The number of para-hydroxylation sites is 1. The van der Waals surface area contributed by atoms with Gasteiger partial charge in [0.1, 0.15) is 6.04 Å². The molecule has 2 aromatic carbocycles. The van der Waals surface area contributed by atoms with Crippen molar-refractivity contribution in [1.82, 2.24) is 4.90 Å². The number of benzene rings is 2. The van der Waals surface area contributed by atoms with Gasteiger partial charge in [-0.25, -0.2) is 4.90 Å². The first kappa shape index (κ1) is 21.4. The van der Waals surface area contributed by atoms with Crippen LogP contribution in [-0.4, -0.2) is 49.5 Å². The lowest BCUT2D eigenvalue weighted by Crippen LogP contribution is -2.57. The van der Waals surface area contributed by atoms with Crippen LogP contribution in [0.1, 0.15) is 18.4 Å². The molecule has 7 heteroatoms. The van der Waals surface area contributed by atoms with Crippen LogP contribution in [0.3, 0.4) is 0 Å². The molecule has 7 nitrogen and oxygen atoms in total. The molecule has 3 aliphatic rings. The lowest BCUT2D eigenvalue weighted by molar-refractivity contribution is -0.150. The molecule has 0 unspecified atom stereocenters. The van der Waals surface area contributed by atoms with E-state index in [0.29, 0.717) is 18.7 Å². The van der Waals surface area contributed by atoms with Gasteiger partial charge in [0, 0.05) is 6.54 Å². The van der Waals surface area contributed by atoms with Crippen molar-refractivity contribution in [3.8, 4) is 0 Å². The minimum atomic E-state index is -0.977. The minimum Gasteiger partial charge on any atom is -0.504 e. The molecule has 0 aromatic heterocycles. The highest BCUT2D eigenvalue weighted by Gasteiger charge is 2.72. The molecule has 3 aliphatic heterocycles. The van der Waals surface area contributed by atoms with Crippen LogP contribution in [0, 0.1) is 11.8 Å². The van der Waals surface area contributed by atoms with Crippen LogP contribution in [0.4, 0.5) is 5.69 Å². The smallest absolute Gasteiger partial charge is 0.323 e. The Balaban J connectivity index is 1.79. The third-order valence-corrected chi connectivity index (χ3v) is 7.20. The van der Waals surface area contributed by atoms with Crippen molar-refractivity contribution in [1.29, 1.82) is 0 Å². The Morgan fingerprint density at radius 3 is 2.30 bits per heavy atom. The molecule has 0 bridgehead atoms. The van der Waals surface area contributed by atoms with Gasteiger partial charge in [-0.15, -0.1) is 0 Å². The van der Waals surface area contributed by atoms with E-state index >= 15 is 0 Å². The second kappa shape index (κ2) is 8.15. The van der Waals surface area contributed by atoms with E-state index in [0.717, 1.165) is 17.6 Å². The molecule has 2 aromatic rings. The summed E-state index contributed by atoms with van der Waals surface area (Å²) in [5, 5.41) is 0. The highest BCUT2D eigenvalue weighted by Crippen LogP contribution is 2.60. The second-order valence-electron chi connectivity index (χ2n) is 8.63. The summed E-state index contributed by atoms with van der Waals surface area (Å²) >= 11 is 0. The van der Waals surface area contributed by atoms with Crippen molar-refractivity contribution in [3.63, 3.8) is 0 Å². The van der Waals surface area contributed by atoms with Gasteiger partial charge in [0.2, 0.25) is 11.8 Å². The van der Waals surface area contributed by atoms with Crippen molar-refractivity contribution < 1.29 is 23.9 Å². The molecule has 0 aliphatic carbocycles. The third-order valence-electron chi connectivity index (χ3n) is 7.20. The Morgan fingerprint density at radius 1 is 1.00 bits per heavy atom. The molecular weight excluding hydrogens is 420 g/mol. The lowest BCUT2D eigenvalue weighted by atomic mass is 9.68. The predicted octanol–water partition coefficient (Wildman–Crippen LogP) is 2.87. The van der Waals surface area contributed by atoms with Crippen LogP contribution < -0.4 is 4.90 Å². The summed E-state index contributed by atoms with van der Waals surface area (Å²) in [6, 6.07) is 17.7. The van der Waals surface area contributed by atoms with Crippen LogP contribution in [0.5, 0.6) is 0 Å². The summed E-state index contributed by atoms with van der Waals surface area (Å²) in [6.45, 7) is 0.564. The van der Waals surface area contributed by atoms with Crippen LogP contribution >= 0.6 is 0 Å². The fraction of sp³-hybridized carbons (Fsp3) is 0.346. The Bertz CT molecular complexity index is 1120. The number of fused-ring (bicyclic) bond motifs is 3. The molecule has 170 valence electrons. The first-order valence-corrected chi connectivity index (χ1v) is 11.1. The average Bonchev–Trinajstić information content (AvgIpc) is 3.31. The van der Waals surface area contributed by atoms with Crippen LogP contribution in [0.15, 0.2) is 72.5 Å². The number of anilines is 1. The van der Waals surface area contributed by atoms with E-state index in [4.69, 9.17) is 9.47 Å². The highest BCUT2D eigenvalue weighted by molar-refractivity contribution is 6.24. The Kier molecular flexibility index (Phi) is 5.29. The summed E-state index contributed by atoms with van der Waals surface area (Å²) < 4.78 is 10.6. The summed E-state index contributed by atoms with van der Waals surface area (Å²) in [6.07, 6.45) is 3.16. The number of hydrogen-bond acceptors (Lipinski definition) is 6. The third kappa shape index (κ3) is 2.88. The predicted molar refractivity (Wildman–Crippen MR) is 121 cm³/mol. The normalized spacial score (nSPS) is 30.3. The number of nitrogens with zero attached hydrogens (tertiary/aromatic N) is 2.